The van der Waals surface area contributed by atoms with Gasteiger partial charge in [-0.25, -0.2) is 14.8 Å². The number of nitrogens with zero attached hydrogens (tertiary/aromatic N) is 3. The molecule has 4 aromatic rings. The van der Waals surface area contributed by atoms with Crippen molar-refractivity contribution in [3.05, 3.63) is 87.7 Å². The first-order valence-corrected chi connectivity index (χ1v) is 11.3. The molecule has 0 aliphatic carbocycles. The van der Waals surface area contributed by atoms with Crippen molar-refractivity contribution >= 4 is 22.4 Å². The van der Waals surface area contributed by atoms with E-state index in [1.54, 1.807) is 62.1 Å². The molecular formula is C27H28N4O4. The Hall–Kier alpha value is -4.04. The fourth-order valence-electron chi connectivity index (χ4n) is 4.21. The maximum absolute atomic E-state index is 13.4. The highest BCUT2D eigenvalue weighted by Gasteiger charge is 2.21. The van der Waals surface area contributed by atoms with Crippen LogP contribution in [0.2, 0.25) is 0 Å². The minimum absolute atomic E-state index is 0.160. The lowest BCUT2D eigenvalue weighted by Crippen LogP contribution is -2.21. The molecule has 0 spiro atoms. The molecule has 8 heteroatoms. The van der Waals surface area contributed by atoms with E-state index in [1.807, 2.05) is 32.0 Å². The van der Waals surface area contributed by atoms with E-state index in [1.165, 1.54) is 0 Å². The van der Waals surface area contributed by atoms with Crippen molar-refractivity contribution in [1.29, 1.82) is 0 Å². The lowest BCUT2D eigenvalue weighted by atomic mass is 9.96. The molecule has 180 valence electrons. The van der Waals surface area contributed by atoms with Crippen LogP contribution in [0.5, 0.6) is 0 Å². The molecule has 2 aromatic carbocycles. The van der Waals surface area contributed by atoms with E-state index in [0.717, 1.165) is 16.5 Å². The van der Waals surface area contributed by atoms with Crippen LogP contribution in [0.1, 0.15) is 54.1 Å². The minimum atomic E-state index is -1.17. The smallest absolute Gasteiger partial charge is 0.337 e. The molecule has 3 N–H and O–H groups in total. The molecule has 0 bridgehead atoms. The van der Waals surface area contributed by atoms with Crippen LogP contribution in [0, 0.1) is 6.92 Å². The Kier molecular flexibility index (Phi) is 6.17. The van der Waals surface area contributed by atoms with Crippen molar-refractivity contribution in [2.45, 2.75) is 39.3 Å². The van der Waals surface area contributed by atoms with E-state index in [9.17, 15) is 19.8 Å². The highest BCUT2D eigenvalue weighted by atomic mass is 16.4. The van der Waals surface area contributed by atoms with Gasteiger partial charge in [0.1, 0.15) is 5.60 Å². The number of carboxylic acid groups (broad SMARTS) is 1. The number of pyridine rings is 1. The average molecular weight is 473 g/mol. The van der Waals surface area contributed by atoms with Crippen molar-refractivity contribution in [2.75, 3.05) is 5.32 Å². The molecule has 0 saturated carbocycles. The quantitative estimate of drug-likeness (QED) is 0.381. The van der Waals surface area contributed by atoms with Crippen LogP contribution in [0.25, 0.3) is 22.0 Å². The van der Waals surface area contributed by atoms with Gasteiger partial charge >= 0.3 is 5.97 Å². The number of fused-ring (bicyclic) bond motifs is 1. The summed E-state index contributed by atoms with van der Waals surface area (Å²) in [7, 11) is 1.70. The predicted octanol–water partition coefficient (Wildman–Crippen LogP) is 4.40. The second-order valence-electron chi connectivity index (χ2n) is 9.28. The molecule has 1 unspecified atom stereocenters. The average Bonchev–Trinajstić information content (AvgIpc) is 2.81. The Morgan fingerprint density at radius 3 is 2.37 bits per heavy atom. The van der Waals surface area contributed by atoms with Gasteiger partial charge in [-0.1, -0.05) is 18.2 Å². The standard InChI is InChI=1S/C27H28N4O4/c1-15-10-19(16(2)30-22-9-7-6-8-18(22)25(33)34)20-12-23(31(5)24(32)21(20)11-15)17-13-28-26(29-14-17)27(3,4)35/h6-14,16,30,35H,1-5H3,(H,33,34). The molecule has 0 aliphatic rings. The van der Waals surface area contributed by atoms with Crippen LogP contribution in [0.4, 0.5) is 5.69 Å². The molecule has 0 fully saturated rings. The number of nitrogens with one attached hydrogen (secondary N) is 1. The Morgan fingerprint density at radius 1 is 1.09 bits per heavy atom. The third-order valence-corrected chi connectivity index (χ3v) is 6.02. The number of aromatic nitrogens is 3. The van der Waals surface area contributed by atoms with E-state index in [4.69, 9.17) is 0 Å². The van der Waals surface area contributed by atoms with Gasteiger partial charge in [0.25, 0.3) is 5.56 Å². The van der Waals surface area contributed by atoms with Gasteiger partial charge < -0.3 is 20.1 Å². The van der Waals surface area contributed by atoms with Gasteiger partial charge in [0.05, 0.1) is 11.3 Å². The number of para-hydroxylation sites is 1. The number of hydrogen-bond acceptors (Lipinski definition) is 6. The number of carboxylic acids is 1. The molecule has 2 aromatic heterocycles. The summed E-state index contributed by atoms with van der Waals surface area (Å²) < 4.78 is 1.56. The molecule has 35 heavy (non-hydrogen) atoms. The van der Waals surface area contributed by atoms with Crippen LogP contribution in [-0.2, 0) is 12.6 Å². The summed E-state index contributed by atoms with van der Waals surface area (Å²) in [5.41, 5.74) is 2.41. The fraction of sp³-hybridized carbons (Fsp3) is 0.259. The highest BCUT2D eigenvalue weighted by molar-refractivity contribution is 5.94. The van der Waals surface area contributed by atoms with E-state index < -0.39 is 11.6 Å². The molecule has 1 atom stereocenters. The number of aromatic carboxylic acids is 1. The Labute approximate surface area is 202 Å². The first-order valence-electron chi connectivity index (χ1n) is 11.3. The highest BCUT2D eigenvalue weighted by Crippen LogP contribution is 2.31. The molecule has 0 amide bonds. The number of benzene rings is 2. The molecule has 0 radical (unpaired) electrons. The summed E-state index contributed by atoms with van der Waals surface area (Å²) in [6.07, 6.45) is 3.19. The zero-order valence-corrected chi connectivity index (χ0v) is 20.3. The summed E-state index contributed by atoms with van der Waals surface area (Å²) in [5.74, 6) is -0.724. The minimum Gasteiger partial charge on any atom is -0.478 e. The first-order chi connectivity index (χ1) is 16.5. The normalized spacial score (nSPS) is 12.5. The number of hydrogen-bond donors (Lipinski definition) is 3. The number of aliphatic hydroxyl groups is 1. The van der Waals surface area contributed by atoms with Gasteiger partial charge in [-0.05, 0) is 68.5 Å². The Balaban J connectivity index is 1.86. The van der Waals surface area contributed by atoms with Crippen molar-refractivity contribution in [1.82, 2.24) is 14.5 Å². The topological polar surface area (TPSA) is 117 Å². The predicted molar refractivity (Wildman–Crippen MR) is 136 cm³/mol. The molecule has 0 saturated heterocycles. The van der Waals surface area contributed by atoms with Gasteiger partial charge in [0.2, 0.25) is 0 Å². The summed E-state index contributed by atoms with van der Waals surface area (Å²) in [4.78, 5) is 33.6. The van der Waals surface area contributed by atoms with Crippen molar-refractivity contribution in [2.24, 2.45) is 7.05 Å². The summed E-state index contributed by atoms with van der Waals surface area (Å²) >= 11 is 0. The zero-order valence-electron chi connectivity index (χ0n) is 20.3. The van der Waals surface area contributed by atoms with E-state index in [-0.39, 0.29) is 17.2 Å². The Bertz CT molecular complexity index is 1480. The largest absolute Gasteiger partial charge is 0.478 e. The van der Waals surface area contributed by atoms with Crippen molar-refractivity contribution < 1.29 is 15.0 Å². The number of anilines is 1. The van der Waals surface area contributed by atoms with Crippen molar-refractivity contribution in [3.8, 4) is 11.3 Å². The second kappa shape index (κ2) is 8.96. The SMILES string of the molecule is Cc1cc(C(C)Nc2ccccc2C(=O)O)c2cc(-c3cnc(C(C)(C)O)nc3)n(C)c(=O)c2c1. The monoisotopic (exact) mass is 472 g/mol. The third kappa shape index (κ3) is 4.65. The number of aryl methyl sites for hydroxylation is 1. The maximum atomic E-state index is 13.4. The summed E-state index contributed by atoms with van der Waals surface area (Å²) in [6, 6.07) is 12.2. The second-order valence-corrected chi connectivity index (χ2v) is 9.28. The van der Waals surface area contributed by atoms with Crippen LogP contribution in [0.15, 0.2) is 59.7 Å². The van der Waals surface area contributed by atoms with Gasteiger partial charge in [0, 0.05) is 42.1 Å². The molecule has 2 heterocycles. The zero-order chi connectivity index (χ0) is 25.5. The van der Waals surface area contributed by atoms with Crippen LogP contribution in [-0.4, -0.2) is 30.7 Å². The van der Waals surface area contributed by atoms with Gasteiger partial charge in [-0.15, -0.1) is 0 Å². The van der Waals surface area contributed by atoms with Crippen LogP contribution < -0.4 is 10.9 Å². The van der Waals surface area contributed by atoms with Gasteiger partial charge in [0.15, 0.2) is 5.82 Å². The number of carbonyl (C=O) groups is 1. The first kappa shape index (κ1) is 24.1. The number of rotatable bonds is 6. The molecule has 8 nitrogen and oxygen atoms in total. The molecule has 0 aliphatic heterocycles. The summed E-state index contributed by atoms with van der Waals surface area (Å²) in [5, 5.41) is 24.3. The lowest BCUT2D eigenvalue weighted by molar-refractivity contribution is 0.0683. The molecule has 4 rings (SSSR count). The third-order valence-electron chi connectivity index (χ3n) is 6.02. The maximum Gasteiger partial charge on any atom is 0.337 e. The lowest BCUT2D eigenvalue weighted by Gasteiger charge is -2.21. The van der Waals surface area contributed by atoms with Gasteiger partial charge in [-0.3, -0.25) is 4.79 Å². The van der Waals surface area contributed by atoms with E-state index in [2.05, 4.69) is 15.3 Å². The van der Waals surface area contributed by atoms with E-state index in [0.29, 0.717) is 28.2 Å². The van der Waals surface area contributed by atoms with Crippen molar-refractivity contribution in [3.63, 3.8) is 0 Å². The van der Waals surface area contributed by atoms with E-state index >= 15 is 0 Å². The Morgan fingerprint density at radius 2 is 1.74 bits per heavy atom. The van der Waals surface area contributed by atoms with Crippen LogP contribution >= 0.6 is 0 Å². The van der Waals surface area contributed by atoms with Gasteiger partial charge in [-0.2, -0.15) is 0 Å². The summed E-state index contributed by atoms with van der Waals surface area (Å²) in [6.45, 7) is 7.08. The van der Waals surface area contributed by atoms with Crippen LogP contribution in [0.3, 0.4) is 0 Å². The molecular weight excluding hydrogens is 444 g/mol. The fourth-order valence-corrected chi connectivity index (χ4v) is 4.21.